The van der Waals surface area contributed by atoms with E-state index in [1.54, 1.807) is 12.1 Å². The fourth-order valence-corrected chi connectivity index (χ4v) is 2.37. The zero-order valence-electron chi connectivity index (χ0n) is 14.5. The number of hydrogen-bond donors (Lipinski definition) is 2. The number of anilines is 1. The molecule has 23 heavy (non-hydrogen) atoms. The van der Waals surface area contributed by atoms with E-state index in [0.717, 1.165) is 44.5 Å². The van der Waals surface area contributed by atoms with Gasteiger partial charge in [-0.1, -0.05) is 26.2 Å². The number of phenols is 1. The van der Waals surface area contributed by atoms with Crippen molar-refractivity contribution >= 4 is 17.8 Å². The maximum Gasteiger partial charge on any atom is 0.240 e. The van der Waals surface area contributed by atoms with Crippen LogP contribution in [0.1, 0.15) is 58.4 Å². The molecule has 0 saturated heterocycles. The number of benzene rings is 1. The first-order chi connectivity index (χ1) is 11.1. The maximum absolute atomic E-state index is 11.6. The summed E-state index contributed by atoms with van der Waals surface area (Å²) >= 11 is 0. The second-order valence-corrected chi connectivity index (χ2v) is 5.52. The molecule has 5 heteroatoms. The summed E-state index contributed by atoms with van der Waals surface area (Å²) in [5, 5.41) is 14.0. The van der Waals surface area contributed by atoms with Crippen LogP contribution in [0.5, 0.6) is 5.75 Å². The van der Waals surface area contributed by atoms with Gasteiger partial charge >= 0.3 is 0 Å². The third-order valence-electron chi connectivity index (χ3n) is 3.79. The molecule has 0 aliphatic rings. The highest BCUT2D eigenvalue weighted by atomic mass is 16.3. The Balaban J connectivity index is 2.52. The quantitative estimate of drug-likeness (QED) is 0.393. The molecule has 0 aliphatic carbocycles. The molecule has 1 rings (SSSR count). The van der Waals surface area contributed by atoms with Gasteiger partial charge in [0.15, 0.2) is 0 Å². The molecule has 0 heterocycles. The summed E-state index contributed by atoms with van der Waals surface area (Å²) in [5.74, 6) is 0.0759. The van der Waals surface area contributed by atoms with Crippen LogP contribution >= 0.6 is 0 Å². The first-order valence-electron chi connectivity index (χ1n) is 8.52. The van der Waals surface area contributed by atoms with Crippen molar-refractivity contribution in [1.82, 2.24) is 5.43 Å². The summed E-state index contributed by atoms with van der Waals surface area (Å²) in [7, 11) is 0. The van der Waals surface area contributed by atoms with E-state index in [-0.39, 0.29) is 11.7 Å². The molecule has 5 nitrogen and oxygen atoms in total. The van der Waals surface area contributed by atoms with Gasteiger partial charge in [0.1, 0.15) is 5.75 Å². The second-order valence-electron chi connectivity index (χ2n) is 5.52. The number of amides is 1. The van der Waals surface area contributed by atoms with E-state index in [2.05, 4.69) is 36.2 Å². The molecule has 1 amide bonds. The molecule has 1 aromatic rings. The van der Waals surface area contributed by atoms with Gasteiger partial charge in [-0.3, -0.25) is 4.79 Å². The van der Waals surface area contributed by atoms with Gasteiger partial charge in [-0.2, -0.15) is 5.10 Å². The standard InChI is InChI=1S/C18H29N3O2/c1-4-7-8-9-10-18(23)20-19-14-15-11-12-16(13-17(15)22)21(5-2)6-3/h11-14,22H,4-10H2,1-3H3,(H,20,23). The van der Waals surface area contributed by atoms with Crippen molar-refractivity contribution in [2.24, 2.45) is 5.10 Å². The predicted molar refractivity (Wildman–Crippen MR) is 96.2 cm³/mol. The van der Waals surface area contributed by atoms with Gasteiger partial charge in [0, 0.05) is 36.8 Å². The zero-order chi connectivity index (χ0) is 17.1. The Labute approximate surface area is 139 Å². The van der Waals surface area contributed by atoms with Gasteiger partial charge in [-0.15, -0.1) is 0 Å². The van der Waals surface area contributed by atoms with Crippen LogP contribution in [-0.4, -0.2) is 30.3 Å². The number of nitrogens with one attached hydrogen (secondary N) is 1. The molecule has 0 radical (unpaired) electrons. The second kappa shape index (κ2) is 10.6. The number of carbonyl (C=O) groups excluding carboxylic acids is 1. The normalized spacial score (nSPS) is 10.9. The minimum atomic E-state index is -0.0865. The van der Waals surface area contributed by atoms with Gasteiger partial charge in [0.2, 0.25) is 5.91 Å². The summed E-state index contributed by atoms with van der Waals surface area (Å²) in [5.41, 5.74) is 4.07. The van der Waals surface area contributed by atoms with E-state index in [1.807, 2.05) is 6.07 Å². The van der Waals surface area contributed by atoms with Crippen molar-refractivity contribution in [3.8, 4) is 5.75 Å². The fraction of sp³-hybridized carbons (Fsp3) is 0.556. The molecule has 128 valence electrons. The predicted octanol–water partition coefficient (Wildman–Crippen LogP) is 3.66. The molecule has 0 atom stereocenters. The Morgan fingerprint density at radius 2 is 1.96 bits per heavy atom. The smallest absolute Gasteiger partial charge is 0.240 e. The van der Waals surface area contributed by atoms with Crippen LogP contribution in [0, 0.1) is 0 Å². The summed E-state index contributed by atoms with van der Waals surface area (Å²) in [6, 6.07) is 5.47. The fourth-order valence-electron chi connectivity index (χ4n) is 2.37. The van der Waals surface area contributed by atoms with Crippen LogP contribution in [0.4, 0.5) is 5.69 Å². The largest absolute Gasteiger partial charge is 0.507 e. The van der Waals surface area contributed by atoms with E-state index in [0.29, 0.717) is 12.0 Å². The van der Waals surface area contributed by atoms with Crippen molar-refractivity contribution in [1.29, 1.82) is 0 Å². The van der Waals surface area contributed by atoms with Gasteiger partial charge in [-0.25, -0.2) is 5.43 Å². The van der Waals surface area contributed by atoms with E-state index in [9.17, 15) is 9.90 Å². The molecule has 0 bridgehead atoms. The molecule has 0 unspecified atom stereocenters. The number of phenolic OH excluding ortho intramolecular Hbond substituents is 1. The van der Waals surface area contributed by atoms with Crippen molar-refractivity contribution in [3.63, 3.8) is 0 Å². The topological polar surface area (TPSA) is 64.9 Å². The molecule has 0 fully saturated rings. The Kier molecular flexibility index (Phi) is 8.80. The number of hydrazone groups is 1. The molecule has 0 aromatic heterocycles. The van der Waals surface area contributed by atoms with Gasteiger partial charge in [0.25, 0.3) is 0 Å². The highest BCUT2D eigenvalue weighted by Gasteiger charge is 2.05. The Morgan fingerprint density at radius 1 is 1.22 bits per heavy atom. The lowest BCUT2D eigenvalue weighted by molar-refractivity contribution is -0.121. The van der Waals surface area contributed by atoms with E-state index < -0.39 is 0 Å². The van der Waals surface area contributed by atoms with E-state index in [4.69, 9.17) is 0 Å². The van der Waals surface area contributed by atoms with Crippen LogP contribution in [0.3, 0.4) is 0 Å². The molecular formula is C18H29N3O2. The third kappa shape index (κ3) is 6.72. The van der Waals surface area contributed by atoms with Crippen molar-refractivity contribution < 1.29 is 9.90 Å². The number of aromatic hydroxyl groups is 1. The SMILES string of the molecule is CCCCCCC(=O)NN=Cc1ccc(N(CC)CC)cc1O. The lowest BCUT2D eigenvalue weighted by Gasteiger charge is -2.21. The van der Waals surface area contributed by atoms with Crippen LogP contribution in [-0.2, 0) is 4.79 Å². The monoisotopic (exact) mass is 319 g/mol. The highest BCUT2D eigenvalue weighted by Crippen LogP contribution is 2.23. The lowest BCUT2D eigenvalue weighted by Crippen LogP contribution is -2.21. The van der Waals surface area contributed by atoms with Gasteiger partial charge in [0.05, 0.1) is 6.21 Å². The summed E-state index contributed by atoms with van der Waals surface area (Å²) in [6.45, 7) is 8.06. The van der Waals surface area contributed by atoms with E-state index >= 15 is 0 Å². The van der Waals surface area contributed by atoms with Crippen molar-refractivity contribution in [2.45, 2.75) is 52.9 Å². The summed E-state index contributed by atoms with van der Waals surface area (Å²) in [6.07, 6.45) is 6.24. The molecule has 0 spiro atoms. The van der Waals surface area contributed by atoms with Crippen molar-refractivity contribution in [2.75, 3.05) is 18.0 Å². The number of carbonyl (C=O) groups is 1. The average Bonchev–Trinajstić information content (AvgIpc) is 2.55. The first kappa shape index (κ1) is 19.0. The number of hydrogen-bond acceptors (Lipinski definition) is 4. The molecule has 0 saturated carbocycles. The summed E-state index contributed by atoms with van der Waals surface area (Å²) in [4.78, 5) is 13.8. The van der Waals surface area contributed by atoms with Crippen LogP contribution in [0.25, 0.3) is 0 Å². The Hall–Kier alpha value is -2.04. The Bertz CT molecular complexity index is 511. The first-order valence-corrected chi connectivity index (χ1v) is 8.52. The van der Waals surface area contributed by atoms with Gasteiger partial charge in [-0.05, 0) is 32.4 Å². The Morgan fingerprint density at radius 3 is 2.57 bits per heavy atom. The number of nitrogens with zero attached hydrogens (tertiary/aromatic N) is 2. The zero-order valence-corrected chi connectivity index (χ0v) is 14.5. The van der Waals surface area contributed by atoms with Crippen LogP contribution in [0.15, 0.2) is 23.3 Å². The lowest BCUT2D eigenvalue weighted by atomic mass is 10.1. The van der Waals surface area contributed by atoms with Crippen molar-refractivity contribution in [3.05, 3.63) is 23.8 Å². The molecule has 1 aromatic carbocycles. The molecule has 2 N–H and O–H groups in total. The molecule has 0 aliphatic heterocycles. The summed E-state index contributed by atoms with van der Waals surface area (Å²) < 4.78 is 0. The van der Waals surface area contributed by atoms with Crippen LogP contribution < -0.4 is 10.3 Å². The number of unbranched alkanes of at least 4 members (excludes halogenated alkanes) is 3. The minimum Gasteiger partial charge on any atom is -0.507 e. The maximum atomic E-state index is 11.6. The number of rotatable bonds is 10. The van der Waals surface area contributed by atoms with E-state index in [1.165, 1.54) is 6.21 Å². The average molecular weight is 319 g/mol. The molecular weight excluding hydrogens is 290 g/mol. The minimum absolute atomic E-state index is 0.0865. The highest BCUT2D eigenvalue weighted by molar-refractivity contribution is 5.86. The third-order valence-corrected chi connectivity index (χ3v) is 3.79. The van der Waals surface area contributed by atoms with Crippen LogP contribution in [0.2, 0.25) is 0 Å². The van der Waals surface area contributed by atoms with Gasteiger partial charge < -0.3 is 10.0 Å².